The van der Waals surface area contributed by atoms with Crippen LogP contribution >= 0.6 is 58.8 Å². The lowest BCUT2D eigenvalue weighted by molar-refractivity contribution is -0.108. The molecule has 0 saturated heterocycles. The van der Waals surface area contributed by atoms with E-state index in [2.05, 4.69) is 37.4 Å². The molecule has 29 heavy (non-hydrogen) atoms. The van der Waals surface area contributed by atoms with Crippen LogP contribution in [0, 0.1) is 0 Å². The van der Waals surface area contributed by atoms with Gasteiger partial charge in [0.05, 0.1) is 0 Å². The number of hydrogen-bond donors (Lipinski definition) is 0. The quantitative estimate of drug-likeness (QED) is 0.205. The van der Waals surface area contributed by atoms with Crippen molar-refractivity contribution in [3.8, 4) is 0 Å². The average molecular weight is 487 g/mol. The van der Waals surface area contributed by atoms with Crippen LogP contribution in [0.4, 0.5) is 0 Å². The second-order valence-corrected chi connectivity index (χ2v) is 11.9. The van der Waals surface area contributed by atoms with Crippen LogP contribution in [0.2, 0.25) is 0 Å². The molecular weight excluding hydrogens is 457 g/mol. The maximum atomic E-state index is 11.5. The van der Waals surface area contributed by atoms with Crippen LogP contribution in [-0.4, -0.2) is 44.7 Å². The highest BCUT2D eigenvalue weighted by Gasteiger charge is 2.04. The molecule has 160 valence electrons. The molecule has 0 aliphatic carbocycles. The molecule has 0 spiro atoms. The van der Waals surface area contributed by atoms with Crippen molar-refractivity contribution in [1.29, 1.82) is 0 Å². The molecule has 1 aromatic carbocycles. The van der Waals surface area contributed by atoms with Crippen molar-refractivity contribution in [2.24, 2.45) is 0 Å². The van der Waals surface area contributed by atoms with Gasteiger partial charge in [-0.1, -0.05) is 60.9 Å². The summed E-state index contributed by atoms with van der Waals surface area (Å²) in [7, 11) is 0. The van der Waals surface area contributed by atoms with Gasteiger partial charge < -0.3 is 0 Å². The number of benzene rings is 1. The average Bonchev–Trinajstić information content (AvgIpc) is 2.70. The van der Waals surface area contributed by atoms with Crippen molar-refractivity contribution in [3.63, 3.8) is 0 Å². The Kier molecular flexibility index (Phi) is 15.2. The van der Waals surface area contributed by atoms with E-state index in [0.29, 0.717) is 11.1 Å². The number of hydrogen-bond acceptors (Lipinski definition) is 7. The zero-order chi connectivity index (χ0) is 21.5. The number of carbonyl (C=O) groups is 2. The van der Waals surface area contributed by atoms with Gasteiger partial charge in [0, 0.05) is 46.0 Å². The van der Waals surface area contributed by atoms with Crippen LogP contribution < -0.4 is 0 Å². The van der Waals surface area contributed by atoms with Gasteiger partial charge >= 0.3 is 0 Å². The van der Waals surface area contributed by atoms with E-state index in [4.69, 9.17) is 0 Å². The van der Waals surface area contributed by atoms with Crippen molar-refractivity contribution in [3.05, 3.63) is 59.7 Å². The molecule has 0 saturated carbocycles. The van der Waals surface area contributed by atoms with Crippen LogP contribution in [0.3, 0.4) is 0 Å². The van der Waals surface area contributed by atoms with E-state index in [1.807, 2.05) is 35.3 Å². The molecule has 0 aliphatic rings. The Bertz CT molecular complexity index is 670. The normalized spacial score (nSPS) is 10.7. The maximum absolute atomic E-state index is 11.5. The van der Waals surface area contributed by atoms with Gasteiger partial charge in [0.1, 0.15) is 0 Å². The first-order chi connectivity index (χ1) is 13.9. The van der Waals surface area contributed by atoms with Crippen LogP contribution in [0.5, 0.6) is 0 Å². The Morgan fingerprint density at radius 1 is 0.655 bits per heavy atom. The third-order valence-electron chi connectivity index (χ3n) is 3.55. The second-order valence-electron chi connectivity index (χ2n) is 6.37. The van der Waals surface area contributed by atoms with Gasteiger partial charge in [-0.05, 0) is 36.1 Å². The lowest BCUT2D eigenvalue weighted by Crippen LogP contribution is -1.96. The zero-order valence-electron chi connectivity index (χ0n) is 17.2. The first-order valence-corrected chi connectivity index (χ1v) is 14.8. The first kappa shape index (κ1) is 26.8. The van der Waals surface area contributed by atoms with Crippen molar-refractivity contribution in [2.75, 3.05) is 34.5 Å². The Labute approximate surface area is 197 Å². The van der Waals surface area contributed by atoms with Gasteiger partial charge in [0.2, 0.25) is 10.2 Å². The third kappa shape index (κ3) is 13.7. The molecule has 0 aromatic heterocycles. The third-order valence-corrected chi connectivity index (χ3v) is 9.41. The molecule has 0 aliphatic heterocycles. The highest BCUT2D eigenvalue weighted by molar-refractivity contribution is 8.15. The first-order valence-electron chi connectivity index (χ1n) is 9.36. The summed E-state index contributed by atoms with van der Waals surface area (Å²) < 4.78 is 0. The lowest BCUT2D eigenvalue weighted by atomic mass is 10.2. The number of thioether (sulfide) groups is 5. The molecule has 0 amide bonds. The summed E-state index contributed by atoms with van der Waals surface area (Å²) in [5, 5.41) is 0.209. The van der Waals surface area contributed by atoms with Crippen molar-refractivity contribution in [1.82, 2.24) is 0 Å². The molecular formula is C22H30O2S5. The highest BCUT2D eigenvalue weighted by atomic mass is 32.2. The van der Waals surface area contributed by atoms with Gasteiger partial charge in [-0.3, -0.25) is 9.59 Å². The van der Waals surface area contributed by atoms with E-state index in [9.17, 15) is 9.59 Å². The molecule has 2 nitrogen and oxygen atoms in total. The molecule has 0 atom stereocenters. The molecule has 0 heterocycles. The minimum absolute atomic E-state index is 0.0996. The van der Waals surface area contributed by atoms with Crippen LogP contribution in [0.1, 0.15) is 25.0 Å². The summed E-state index contributed by atoms with van der Waals surface area (Å²) in [5.41, 5.74) is 3.95. The fraction of sp³-hybridized carbons (Fsp3) is 0.455. The van der Waals surface area contributed by atoms with Gasteiger partial charge in [0.25, 0.3) is 0 Å². The monoisotopic (exact) mass is 486 g/mol. The Morgan fingerprint density at radius 3 is 1.41 bits per heavy atom. The fourth-order valence-corrected chi connectivity index (χ4v) is 6.73. The SMILES string of the molecule is C=C(C)C(=O)SCCSCCSCc1ccc(CSCCSC(=O)C(=C)C)cc1. The zero-order valence-corrected chi connectivity index (χ0v) is 21.3. The predicted octanol–water partition coefficient (Wildman–Crippen LogP) is 6.56. The minimum atomic E-state index is 0.0996. The summed E-state index contributed by atoms with van der Waals surface area (Å²) in [6.07, 6.45) is 0. The Morgan fingerprint density at radius 2 is 1.00 bits per heavy atom. The van der Waals surface area contributed by atoms with Crippen molar-refractivity contribution >= 4 is 69.0 Å². The van der Waals surface area contributed by atoms with Crippen LogP contribution in [0.15, 0.2) is 48.6 Å². The van der Waals surface area contributed by atoms with E-state index >= 15 is 0 Å². The molecule has 0 N–H and O–H groups in total. The van der Waals surface area contributed by atoms with Gasteiger partial charge in [-0.25, -0.2) is 0 Å². The van der Waals surface area contributed by atoms with Gasteiger partial charge in [-0.15, -0.1) is 0 Å². The molecule has 7 heteroatoms. The lowest BCUT2D eigenvalue weighted by Gasteiger charge is -2.05. The summed E-state index contributed by atoms with van der Waals surface area (Å²) in [6.45, 7) is 10.9. The summed E-state index contributed by atoms with van der Waals surface area (Å²) in [6, 6.07) is 8.85. The predicted molar refractivity (Wildman–Crippen MR) is 141 cm³/mol. The van der Waals surface area contributed by atoms with E-state index in [0.717, 1.165) is 46.0 Å². The van der Waals surface area contributed by atoms with Crippen LogP contribution in [-0.2, 0) is 21.1 Å². The largest absolute Gasteiger partial charge is 0.282 e. The highest BCUT2D eigenvalue weighted by Crippen LogP contribution is 2.19. The topological polar surface area (TPSA) is 34.1 Å². The van der Waals surface area contributed by atoms with Crippen molar-refractivity contribution < 1.29 is 9.59 Å². The second kappa shape index (κ2) is 16.5. The maximum Gasteiger partial charge on any atom is 0.214 e. The summed E-state index contributed by atoms with van der Waals surface area (Å²) in [5.74, 6) is 7.95. The van der Waals surface area contributed by atoms with Crippen LogP contribution in [0.25, 0.3) is 0 Å². The van der Waals surface area contributed by atoms with Gasteiger partial charge in [-0.2, -0.15) is 35.3 Å². The van der Waals surface area contributed by atoms with Gasteiger partial charge in [0.15, 0.2) is 0 Å². The van der Waals surface area contributed by atoms with E-state index in [1.165, 1.54) is 34.7 Å². The molecule has 1 aromatic rings. The Balaban J connectivity index is 2.05. The van der Waals surface area contributed by atoms with E-state index in [1.54, 1.807) is 13.8 Å². The molecule has 1 rings (SSSR count). The molecule has 0 fully saturated rings. The number of rotatable bonds is 15. The molecule has 0 bridgehead atoms. The Hall–Kier alpha value is -0.210. The fourth-order valence-electron chi connectivity index (χ4n) is 1.96. The van der Waals surface area contributed by atoms with Crippen molar-refractivity contribution in [2.45, 2.75) is 25.4 Å². The smallest absolute Gasteiger partial charge is 0.214 e. The number of carbonyl (C=O) groups excluding carboxylic acids is 2. The molecule has 0 unspecified atom stereocenters. The molecule has 0 radical (unpaired) electrons. The summed E-state index contributed by atoms with van der Waals surface area (Å²) >= 11 is 8.45. The van der Waals surface area contributed by atoms with E-state index < -0.39 is 0 Å². The standard InChI is InChI=1S/C22H30O2S5/c1-17(2)21(23)28-13-11-25-9-10-26-15-19-5-7-20(8-6-19)16-27-12-14-29-22(24)18(3)4/h5-8H,1,3,9-16H2,2,4H3. The summed E-state index contributed by atoms with van der Waals surface area (Å²) in [4.78, 5) is 22.9. The minimum Gasteiger partial charge on any atom is -0.282 e. The van der Waals surface area contributed by atoms with E-state index in [-0.39, 0.29) is 10.2 Å².